The lowest BCUT2D eigenvalue weighted by Crippen LogP contribution is -2.05. The third-order valence-electron chi connectivity index (χ3n) is 1.69. The zero-order valence-corrected chi connectivity index (χ0v) is 7.53. The number of nitriles is 1. The van der Waals surface area contributed by atoms with Crippen LogP contribution < -0.4 is 10.5 Å². The van der Waals surface area contributed by atoms with Crippen molar-refractivity contribution in [2.75, 3.05) is 6.61 Å². The summed E-state index contributed by atoms with van der Waals surface area (Å²) in [6, 6.07) is 9.36. The third kappa shape index (κ3) is 2.77. The van der Waals surface area contributed by atoms with E-state index in [0.717, 1.165) is 5.56 Å². The van der Waals surface area contributed by atoms with Gasteiger partial charge in [-0.3, -0.25) is 0 Å². The van der Waals surface area contributed by atoms with Crippen molar-refractivity contribution in [3.05, 3.63) is 29.8 Å². The first-order chi connectivity index (χ1) is 6.24. The van der Waals surface area contributed by atoms with Crippen LogP contribution in [-0.2, 0) is 0 Å². The van der Waals surface area contributed by atoms with Gasteiger partial charge < -0.3 is 10.5 Å². The quantitative estimate of drug-likeness (QED) is 0.761. The summed E-state index contributed by atoms with van der Waals surface area (Å²) in [6.07, 6.45) is 0. The fourth-order valence-corrected chi connectivity index (χ4v) is 1.00. The number of nitrogens with zero attached hydrogens (tertiary/aromatic N) is 1. The van der Waals surface area contributed by atoms with Crippen LogP contribution in [0.2, 0.25) is 0 Å². The van der Waals surface area contributed by atoms with E-state index in [1.165, 1.54) is 0 Å². The lowest BCUT2D eigenvalue weighted by molar-refractivity contribution is 0.367. The molecule has 0 spiro atoms. The number of nitrogens with two attached hydrogens (primary N) is 1. The molecule has 0 unspecified atom stereocenters. The molecular formula is C10H12N2O. The smallest absolute Gasteiger partial charge is 0.174 e. The van der Waals surface area contributed by atoms with Crippen molar-refractivity contribution in [1.29, 1.82) is 5.26 Å². The zero-order valence-electron chi connectivity index (χ0n) is 7.53. The maximum atomic E-state index is 8.31. The van der Waals surface area contributed by atoms with Crippen LogP contribution in [0.5, 0.6) is 5.75 Å². The maximum absolute atomic E-state index is 8.31. The average molecular weight is 176 g/mol. The highest BCUT2D eigenvalue weighted by molar-refractivity contribution is 5.30. The molecule has 0 aliphatic heterocycles. The van der Waals surface area contributed by atoms with Gasteiger partial charge in [0.15, 0.2) is 6.61 Å². The molecule has 1 atom stereocenters. The molecule has 0 heterocycles. The Balaban J connectivity index is 2.75. The van der Waals surface area contributed by atoms with E-state index in [1.54, 1.807) is 0 Å². The fourth-order valence-electron chi connectivity index (χ4n) is 1.00. The molecule has 2 N–H and O–H groups in total. The van der Waals surface area contributed by atoms with Gasteiger partial charge >= 0.3 is 0 Å². The van der Waals surface area contributed by atoms with Crippen LogP contribution in [0.4, 0.5) is 0 Å². The van der Waals surface area contributed by atoms with E-state index in [2.05, 4.69) is 0 Å². The highest BCUT2D eigenvalue weighted by Gasteiger charge is 2.00. The molecular weight excluding hydrogens is 164 g/mol. The zero-order chi connectivity index (χ0) is 9.68. The summed E-state index contributed by atoms with van der Waals surface area (Å²) in [5.74, 6) is 0.691. The molecule has 1 rings (SSSR count). The van der Waals surface area contributed by atoms with Gasteiger partial charge in [0.1, 0.15) is 11.8 Å². The molecule has 0 saturated heterocycles. The van der Waals surface area contributed by atoms with Gasteiger partial charge in [0.25, 0.3) is 0 Å². The van der Waals surface area contributed by atoms with Gasteiger partial charge in [0.05, 0.1) is 0 Å². The Bertz CT molecular complexity index is 315. The molecule has 1 aromatic carbocycles. The minimum absolute atomic E-state index is 0.00867. The minimum Gasteiger partial charge on any atom is -0.479 e. The second-order valence-corrected chi connectivity index (χ2v) is 2.81. The molecule has 0 aromatic heterocycles. The Labute approximate surface area is 77.7 Å². The van der Waals surface area contributed by atoms with Crippen molar-refractivity contribution in [3.63, 3.8) is 0 Å². The molecule has 13 heavy (non-hydrogen) atoms. The van der Waals surface area contributed by atoms with Gasteiger partial charge in [-0.05, 0) is 24.6 Å². The average Bonchev–Trinajstić information content (AvgIpc) is 2.15. The van der Waals surface area contributed by atoms with Gasteiger partial charge in [0.2, 0.25) is 0 Å². The van der Waals surface area contributed by atoms with Crippen LogP contribution in [0.1, 0.15) is 18.5 Å². The summed E-state index contributed by atoms with van der Waals surface area (Å²) in [7, 11) is 0. The summed E-state index contributed by atoms with van der Waals surface area (Å²) < 4.78 is 5.13. The van der Waals surface area contributed by atoms with Crippen LogP contribution in [-0.4, -0.2) is 6.61 Å². The van der Waals surface area contributed by atoms with Crippen molar-refractivity contribution in [2.24, 2.45) is 5.73 Å². The topological polar surface area (TPSA) is 59.0 Å². The van der Waals surface area contributed by atoms with Gasteiger partial charge in [-0.15, -0.1) is 0 Å². The molecule has 0 aliphatic rings. The largest absolute Gasteiger partial charge is 0.479 e. The van der Waals surface area contributed by atoms with Gasteiger partial charge in [-0.1, -0.05) is 12.1 Å². The second kappa shape index (κ2) is 4.48. The Morgan fingerprint density at radius 1 is 1.62 bits per heavy atom. The Morgan fingerprint density at radius 2 is 2.38 bits per heavy atom. The summed E-state index contributed by atoms with van der Waals surface area (Å²) in [6.45, 7) is 1.98. The van der Waals surface area contributed by atoms with Crippen LogP contribution >= 0.6 is 0 Å². The molecule has 0 saturated carbocycles. The van der Waals surface area contributed by atoms with E-state index < -0.39 is 0 Å². The molecule has 0 amide bonds. The number of benzene rings is 1. The first-order valence-electron chi connectivity index (χ1n) is 4.09. The van der Waals surface area contributed by atoms with Crippen LogP contribution in [0, 0.1) is 11.3 Å². The van der Waals surface area contributed by atoms with Crippen molar-refractivity contribution in [1.82, 2.24) is 0 Å². The molecule has 3 nitrogen and oxygen atoms in total. The van der Waals surface area contributed by atoms with Crippen LogP contribution in [0.15, 0.2) is 24.3 Å². The van der Waals surface area contributed by atoms with Crippen LogP contribution in [0.3, 0.4) is 0 Å². The van der Waals surface area contributed by atoms with E-state index in [-0.39, 0.29) is 12.6 Å². The van der Waals surface area contributed by atoms with E-state index in [0.29, 0.717) is 5.75 Å². The monoisotopic (exact) mass is 176 g/mol. The molecule has 68 valence electrons. The normalized spacial score (nSPS) is 11.8. The van der Waals surface area contributed by atoms with Gasteiger partial charge in [-0.2, -0.15) is 5.26 Å². The Kier molecular flexibility index (Phi) is 3.30. The molecule has 1 aromatic rings. The second-order valence-electron chi connectivity index (χ2n) is 2.81. The minimum atomic E-state index is -0.00867. The predicted molar refractivity (Wildman–Crippen MR) is 50.2 cm³/mol. The lowest BCUT2D eigenvalue weighted by Gasteiger charge is -2.07. The summed E-state index contributed by atoms with van der Waals surface area (Å²) >= 11 is 0. The molecule has 0 bridgehead atoms. The molecule has 0 radical (unpaired) electrons. The lowest BCUT2D eigenvalue weighted by atomic mass is 10.1. The van der Waals surface area contributed by atoms with E-state index in [9.17, 15) is 0 Å². The first-order valence-corrected chi connectivity index (χ1v) is 4.09. The summed E-state index contributed by atoms with van der Waals surface area (Å²) in [4.78, 5) is 0. The molecule has 3 heteroatoms. The van der Waals surface area contributed by atoms with Crippen LogP contribution in [0.25, 0.3) is 0 Å². The van der Waals surface area contributed by atoms with Gasteiger partial charge in [0, 0.05) is 6.04 Å². The first kappa shape index (κ1) is 9.56. The summed E-state index contributed by atoms with van der Waals surface area (Å²) in [5, 5.41) is 8.31. The third-order valence-corrected chi connectivity index (χ3v) is 1.69. The van der Waals surface area contributed by atoms with Gasteiger partial charge in [-0.25, -0.2) is 0 Å². The number of hydrogen-bond acceptors (Lipinski definition) is 3. The SMILES string of the molecule is C[C@H](N)c1cccc(OCC#N)c1. The van der Waals surface area contributed by atoms with Crippen molar-refractivity contribution in [2.45, 2.75) is 13.0 Å². The van der Waals surface area contributed by atoms with E-state index >= 15 is 0 Å². The molecule has 0 fully saturated rings. The van der Waals surface area contributed by atoms with E-state index in [1.807, 2.05) is 37.3 Å². The number of ether oxygens (including phenoxy) is 1. The standard InChI is InChI=1S/C10H12N2O/c1-8(12)9-3-2-4-10(7-9)13-6-5-11/h2-4,7-8H,6,12H2,1H3/t8-/m0/s1. The van der Waals surface area contributed by atoms with E-state index in [4.69, 9.17) is 15.7 Å². The highest BCUT2D eigenvalue weighted by atomic mass is 16.5. The number of hydrogen-bond donors (Lipinski definition) is 1. The van der Waals surface area contributed by atoms with Crippen molar-refractivity contribution < 1.29 is 4.74 Å². The Hall–Kier alpha value is -1.53. The fraction of sp³-hybridized carbons (Fsp3) is 0.300. The van der Waals surface area contributed by atoms with Crippen molar-refractivity contribution >= 4 is 0 Å². The number of rotatable bonds is 3. The summed E-state index contributed by atoms with van der Waals surface area (Å²) in [5.41, 5.74) is 6.70. The molecule has 0 aliphatic carbocycles. The Morgan fingerprint density at radius 3 is 3.00 bits per heavy atom. The van der Waals surface area contributed by atoms with Crippen molar-refractivity contribution in [3.8, 4) is 11.8 Å². The predicted octanol–water partition coefficient (Wildman–Crippen LogP) is 1.61. The highest BCUT2D eigenvalue weighted by Crippen LogP contribution is 2.17. The maximum Gasteiger partial charge on any atom is 0.174 e.